The highest BCUT2D eigenvalue weighted by Gasteiger charge is 2.50. The third-order valence-electron chi connectivity index (χ3n) is 3.62. The van der Waals surface area contributed by atoms with E-state index in [0.717, 1.165) is 6.34 Å². The van der Waals surface area contributed by atoms with Crippen LogP contribution in [0.1, 0.15) is 0 Å². The van der Waals surface area contributed by atoms with Gasteiger partial charge in [0.15, 0.2) is 24.3 Å². The van der Waals surface area contributed by atoms with Crippen molar-refractivity contribution in [1.29, 1.82) is 5.41 Å². The van der Waals surface area contributed by atoms with Gasteiger partial charge in [0, 0.05) is 0 Å². The molecule has 0 aliphatic carbocycles. The van der Waals surface area contributed by atoms with Crippen molar-refractivity contribution in [1.82, 2.24) is 9.96 Å². The van der Waals surface area contributed by atoms with E-state index in [0.29, 0.717) is 5.06 Å². The molecule has 3 rings (SSSR count). The molecule has 0 saturated carbocycles. The number of fused-ring (bicyclic) bond motifs is 1. The second-order valence-electron chi connectivity index (χ2n) is 4.79. The van der Waals surface area contributed by atoms with Crippen LogP contribution in [0, 0.1) is 5.41 Å². The number of aliphatic hydroxyl groups excluding tert-OH is 3. The number of nitrogens with zero attached hydrogens (tertiary/aromatic N) is 4. The van der Waals surface area contributed by atoms with E-state index in [-0.39, 0.29) is 5.84 Å². The zero-order chi connectivity index (χ0) is 14.4. The lowest BCUT2D eigenvalue weighted by atomic mass is 10.1. The summed E-state index contributed by atoms with van der Waals surface area (Å²) in [5, 5.41) is 46.4. The van der Waals surface area contributed by atoms with E-state index in [2.05, 4.69) is 9.98 Å². The van der Waals surface area contributed by atoms with Crippen LogP contribution in [0.15, 0.2) is 9.98 Å². The largest absolute Gasteiger partial charge is 0.394 e. The quantitative estimate of drug-likeness (QED) is 0.368. The zero-order valence-corrected chi connectivity index (χ0v) is 10.3. The molecular weight excluding hydrogens is 270 g/mol. The number of nitrogens with one attached hydrogen (secondary N) is 1. The van der Waals surface area contributed by atoms with Gasteiger partial charge in [-0.25, -0.2) is 4.99 Å². The summed E-state index contributed by atoms with van der Waals surface area (Å²) in [5.74, 6) is -0.143. The molecule has 3 aliphatic rings. The fourth-order valence-corrected chi connectivity index (χ4v) is 2.50. The molecule has 0 aromatic heterocycles. The Balaban J connectivity index is 1.81. The van der Waals surface area contributed by atoms with Crippen LogP contribution in [0.25, 0.3) is 0 Å². The maximum Gasteiger partial charge on any atom is 0.162 e. The summed E-state index contributed by atoms with van der Waals surface area (Å²) < 4.78 is 5.39. The minimum absolute atomic E-state index is 0.143. The standard InChI is InChI=1S/C10H15N5O5/c11-8-5-9(13-3-15(8)19)14(2-12-5)10-7(18)6(17)4(1-16)20-10/h2-7,9-11,16-19H,1H2/t4-,5-,6-,7-,9+,10-/m1/s1. The van der Waals surface area contributed by atoms with Crippen LogP contribution in [0.3, 0.4) is 0 Å². The summed E-state index contributed by atoms with van der Waals surface area (Å²) in [5.41, 5.74) is 0. The van der Waals surface area contributed by atoms with Crippen molar-refractivity contribution in [2.24, 2.45) is 9.98 Å². The van der Waals surface area contributed by atoms with Crippen molar-refractivity contribution in [2.45, 2.75) is 36.7 Å². The molecule has 110 valence electrons. The summed E-state index contributed by atoms with van der Waals surface area (Å²) in [6.07, 6.45) is -2.43. The Morgan fingerprint density at radius 2 is 2.00 bits per heavy atom. The number of hydroxylamine groups is 2. The van der Waals surface area contributed by atoms with Crippen LogP contribution in [-0.2, 0) is 4.74 Å². The van der Waals surface area contributed by atoms with Gasteiger partial charge in [-0.2, -0.15) is 5.06 Å². The number of hydrogen-bond donors (Lipinski definition) is 5. The average Bonchev–Trinajstić information content (AvgIpc) is 2.98. The molecule has 20 heavy (non-hydrogen) atoms. The molecule has 6 atom stereocenters. The normalized spacial score (nSPS) is 43.5. The van der Waals surface area contributed by atoms with Gasteiger partial charge in [0.25, 0.3) is 0 Å². The van der Waals surface area contributed by atoms with Gasteiger partial charge < -0.3 is 25.0 Å². The number of hydrogen-bond acceptors (Lipinski definition) is 9. The lowest BCUT2D eigenvalue weighted by Gasteiger charge is -2.34. The third-order valence-corrected chi connectivity index (χ3v) is 3.62. The minimum Gasteiger partial charge on any atom is -0.394 e. The molecule has 1 saturated heterocycles. The van der Waals surface area contributed by atoms with Gasteiger partial charge in [0.1, 0.15) is 24.7 Å². The Morgan fingerprint density at radius 1 is 1.25 bits per heavy atom. The predicted octanol–water partition coefficient (Wildman–Crippen LogP) is -2.83. The molecule has 10 nitrogen and oxygen atoms in total. The predicted molar refractivity (Wildman–Crippen MR) is 65.5 cm³/mol. The van der Waals surface area contributed by atoms with Gasteiger partial charge in [0.05, 0.1) is 12.9 Å². The summed E-state index contributed by atoms with van der Waals surface area (Å²) >= 11 is 0. The van der Waals surface area contributed by atoms with Crippen molar-refractivity contribution in [3.8, 4) is 0 Å². The van der Waals surface area contributed by atoms with E-state index in [1.54, 1.807) is 0 Å². The molecule has 0 bridgehead atoms. The monoisotopic (exact) mass is 285 g/mol. The number of aliphatic imine (C=N–C) groups is 2. The summed E-state index contributed by atoms with van der Waals surface area (Å²) in [6, 6.07) is -0.703. The van der Waals surface area contributed by atoms with Gasteiger partial charge in [-0.1, -0.05) is 0 Å². The maximum absolute atomic E-state index is 9.97. The lowest BCUT2D eigenvalue weighted by molar-refractivity contribution is -0.0792. The highest BCUT2D eigenvalue weighted by molar-refractivity contribution is 5.96. The third kappa shape index (κ3) is 1.81. The highest BCUT2D eigenvalue weighted by atomic mass is 16.6. The Kier molecular flexibility index (Phi) is 3.18. The molecule has 0 aromatic carbocycles. The smallest absolute Gasteiger partial charge is 0.162 e. The average molecular weight is 285 g/mol. The first-order valence-electron chi connectivity index (χ1n) is 6.07. The molecular formula is C10H15N5O5. The van der Waals surface area contributed by atoms with E-state index in [4.69, 9.17) is 15.3 Å². The van der Waals surface area contributed by atoms with Crippen molar-refractivity contribution >= 4 is 18.5 Å². The van der Waals surface area contributed by atoms with Gasteiger partial charge in [-0.05, 0) is 0 Å². The van der Waals surface area contributed by atoms with Gasteiger partial charge in [-0.15, -0.1) is 0 Å². The molecule has 0 radical (unpaired) electrons. The van der Waals surface area contributed by atoms with Crippen LogP contribution in [0.5, 0.6) is 0 Å². The van der Waals surface area contributed by atoms with Crippen molar-refractivity contribution in [3.05, 3.63) is 0 Å². The first kappa shape index (κ1) is 13.4. The summed E-state index contributed by atoms with van der Waals surface area (Å²) in [4.78, 5) is 9.55. The van der Waals surface area contributed by atoms with Crippen molar-refractivity contribution in [3.63, 3.8) is 0 Å². The van der Waals surface area contributed by atoms with Gasteiger partial charge in [-0.3, -0.25) is 15.6 Å². The lowest BCUT2D eigenvalue weighted by Crippen LogP contribution is -2.53. The van der Waals surface area contributed by atoms with E-state index < -0.39 is 43.4 Å². The van der Waals surface area contributed by atoms with Crippen LogP contribution in [0.2, 0.25) is 0 Å². The highest BCUT2D eigenvalue weighted by Crippen LogP contribution is 2.29. The minimum atomic E-state index is -1.23. The maximum atomic E-state index is 9.97. The molecule has 0 amide bonds. The molecule has 3 heterocycles. The topological polar surface area (TPSA) is 145 Å². The summed E-state index contributed by atoms with van der Waals surface area (Å²) in [6.45, 7) is -0.419. The molecule has 5 N–H and O–H groups in total. The second-order valence-corrected chi connectivity index (χ2v) is 4.79. The number of ether oxygens (including phenoxy) is 1. The zero-order valence-electron chi connectivity index (χ0n) is 10.3. The van der Waals surface area contributed by atoms with E-state index in [1.807, 2.05) is 0 Å². The molecule has 3 aliphatic heterocycles. The molecule has 10 heteroatoms. The molecule has 0 spiro atoms. The first-order valence-corrected chi connectivity index (χ1v) is 6.07. The Labute approximate surface area is 113 Å². The molecule has 1 fully saturated rings. The SMILES string of the molecule is N=C1[C@H]2N=CN([C@@H]3O[C@H](CO)[C@@H](O)[C@H]3O)[C@@H]2N=CN1O. The van der Waals surface area contributed by atoms with Gasteiger partial charge >= 0.3 is 0 Å². The Hall–Kier alpha value is -1.59. The van der Waals surface area contributed by atoms with Crippen molar-refractivity contribution in [2.75, 3.05) is 6.61 Å². The summed E-state index contributed by atoms with van der Waals surface area (Å²) in [7, 11) is 0. The van der Waals surface area contributed by atoms with E-state index in [9.17, 15) is 15.4 Å². The van der Waals surface area contributed by atoms with Crippen molar-refractivity contribution < 1.29 is 25.3 Å². The van der Waals surface area contributed by atoms with Crippen LogP contribution < -0.4 is 0 Å². The number of aliphatic hydroxyl groups is 3. The fraction of sp³-hybridized carbons (Fsp3) is 0.700. The fourth-order valence-electron chi connectivity index (χ4n) is 2.50. The second kappa shape index (κ2) is 4.75. The van der Waals surface area contributed by atoms with Gasteiger partial charge in [0.2, 0.25) is 0 Å². The van der Waals surface area contributed by atoms with Crippen LogP contribution in [-0.4, -0.2) is 92.4 Å². The number of rotatable bonds is 2. The Bertz CT molecular complexity index is 471. The first-order chi connectivity index (χ1) is 9.54. The van der Waals surface area contributed by atoms with E-state index in [1.165, 1.54) is 11.2 Å². The molecule has 0 unspecified atom stereocenters. The van der Waals surface area contributed by atoms with Crippen LogP contribution in [0.4, 0.5) is 0 Å². The number of amidine groups is 1. The van der Waals surface area contributed by atoms with E-state index >= 15 is 0 Å². The van der Waals surface area contributed by atoms with Crippen LogP contribution >= 0.6 is 0 Å². The Morgan fingerprint density at radius 3 is 2.65 bits per heavy atom. The molecule has 0 aromatic rings.